The highest BCUT2D eigenvalue weighted by molar-refractivity contribution is 5.72. The van der Waals surface area contributed by atoms with Gasteiger partial charge in [0.05, 0.1) is 0 Å². The lowest BCUT2D eigenvalue weighted by molar-refractivity contribution is -0.168. The first-order chi connectivity index (χ1) is 9.57. The molecule has 0 saturated heterocycles. The van der Waals surface area contributed by atoms with Crippen LogP contribution in [0.2, 0.25) is 0 Å². The number of hydrogen-bond donors (Lipinski definition) is 0. The van der Waals surface area contributed by atoms with Crippen LogP contribution in [0.15, 0.2) is 37.0 Å². The van der Waals surface area contributed by atoms with E-state index in [0.717, 1.165) is 0 Å². The second-order valence-corrected chi connectivity index (χ2v) is 4.69. The molecule has 0 aromatic carbocycles. The Balaban J connectivity index is 2.86. The van der Waals surface area contributed by atoms with Crippen LogP contribution in [0.4, 0.5) is 0 Å². The van der Waals surface area contributed by atoms with Crippen molar-refractivity contribution in [3.63, 3.8) is 0 Å². The largest absolute Gasteiger partial charge is 0.453 e. The third kappa shape index (κ3) is 4.08. The quantitative estimate of drug-likeness (QED) is 0.530. The van der Waals surface area contributed by atoms with Crippen molar-refractivity contribution in [3.05, 3.63) is 37.0 Å². The van der Waals surface area contributed by atoms with Crippen LogP contribution in [0, 0.1) is 0 Å². The fourth-order valence-electron chi connectivity index (χ4n) is 1.92. The van der Waals surface area contributed by atoms with Crippen LogP contribution in [0.5, 0.6) is 0 Å². The molecule has 20 heavy (non-hydrogen) atoms. The predicted octanol–water partition coefficient (Wildman–Crippen LogP) is 3.09. The number of carbonyl (C=O) groups excluding carboxylic acids is 2. The molecule has 4 heteroatoms. The minimum atomic E-state index is -1.11. The smallest absolute Gasteiger partial charge is 0.307 e. The van der Waals surface area contributed by atoms with Crippen LogP contribution in [0.25, 0.3) is 0 Å². The number of allylic oxidation sites excluding steroid dienone is 2. The normalized spacial score (nSPS) is 24.2. The number of ether oxygens (including phenoxy) is 2. The van der Waals surface area contributed by atoms with Gasteiger partial charge >= 0.3 is 11.9 Å². The second kappa shape index (κ2) is 7.68. The van der Waals surface area contributed by atoms with Gasteiger partial charge in [-0.05, 0) is 31.1 Å². The number of rotatable bonds is 7. The van der Waals surface area contributed by atoms with Crippen molar-refractivity contribution in [3.8, 4) is 0 Å². The van der Waals surface area contributed by atoms with Gasteiger partial charge in [-0.25, -0.2) is 0 Å². The highest BCUT2D eigenvalue weighted by Crippen LogP contribution is 2.28. The molecule has 0 saturated carbocycles. The summed E-state index contributed by atoms with van der Waals surface area (Å²) in [5.74, 6) is -0.640. The molecule has 0 spiro atoms. The first-order valence-corrected chi connectivity index (χ1v) is 6.99. The third-order valence-electron chi connectivity index (χ3n) is 2.97. The molecule has 1 rings (SSSR count). The number of carbonyl (C=O) groups is 2. The van der Waals surface area contributed by atoms with Gasteiger partial charge in [0.25, 0.3) is 0 Å². The maximum atomic E-state index is 11.8. The standard InChI is InChI=1S/C16H22O4/c1-4-9-14(17)19-13-11-7-8-12-16(13,6-3)20-15(18)10-5-2/h6-8,11-13H,3-5,9-10H2,1-2H3. The Labute approximate surface area is 120 Å². The Morgan fingerprint density at radius 3 is 2.45 bits per heavy atom. The Morgan fingerprint density at radius 1 is 1.20 bits per heavy atom. The Hall–Kier alpha value is -1.84. The molecule has 0 heterocycles. The molecule has 4 nitrogen and oxygen atoms in total. The molecule has 0 aromatic rings. The maximum absolute atomic E-state index is 11.8. The van der Waals surface area contributed by atoms with E-state index < -0.39 is 11.7 Å². The van der Waals surface area contributed by atoms with Gasteiger partial charge in [-0.2, -0.15) is 0 Å². The van der Waals surface area contributed by atoms with Crippen molar-refractivity contribution in [1.29, 1.82) is 0 Å². The molecular weight excluding hydrogens is 256 g/mol. The Morgan fingerprint density at radius 2 is 1.85 bits per heavy atom. The highest BCUT2D eigenvalue weighted by atomic mass is 16.6. The topological polar surface area (TPSA) is 52.6 Å². The van der Waals surface area contributed by atoms with Gasteiger partial charge in [-0.15, -0.1) is 0 Å². The summed E-state index contributed by atoms with van der Waals surface area (Å²) >= 11 is 0. The molecule has 2 unspecified atom stereocenters. The van der Waals surface area contributed by atoms with E-state index in [1.807, 2.05) is 13.8 Å². The number of hydrogen-bond acceptors (Lipinski definition) is 4. The minimum Gasteiger partial charge on any atom is -0.453 e. The third-order valence-corrected chi connectivity index (χ3v) is 2.97. The first-order valence-electron chi connectivity index (χ1n) is 6.99. The summed E-state index contributed by atoms with van der Waals surface area (Å²) in [7, 11) is 0. The molecule has 1 aliphatic carbocycles. The predicted molar refractivity (Wildman–Crippen MR) is 77.0 cm³/mol. The zero-order chi connectivity index (χ0) is 15.0. The van der Waals surface area contributed by atoms with Crippen molar-refractivity contribution < 1.29 is 19.1 Å². The molecule has 0 aliphatic heterocycles. The van der Waals surface area contributed by atoms with Crippen LogP contribution in [0.1, 0.15) is 39.5 Å². The van der Waals surface area contributed by atoms with Crippen molar-refractivity contribution in [2.45, 2.75) is 51.2 Å². The van der Waals surface area contributed by atoms with E-state index in [-0.39, 0.29) is 11.9 Å². The van der Waals surface area contributed by atoms with Gasteiger partial charge < -0.3 is 9.47 Å². The summed E-state index contributed by atoms with van der Waals surface area (Å²) in [6, 6.07) is 0. The summed E-state index contributed by atoms with van der Waals surface area (Å²) in [5, 5.41) is 0. The fourth-order valence-corrected chi connectivity index (χ4v) is 1.92. The van der Waals surface area contributed by atoms with E-state index in [9.17, 15) is 9.59 Å². The van der Waals surface area contributed by atoms with Crippen LogP contribution in [0.3, 0.4) is 0 Å². The zero-order valence-corrected chi connectivity index (χ0v) is 12.1. The lowest BCUT2D eigenvalue weighted by Gasteiger charge is -2.34. The van der Waals surface area contributed by atoms with Gasteiger partial charge in [-0.3, -0.25) is 9.59 Å². The van der Waals surface area contributed by atoms with E-state index in [4.69, 9.17) is 9.47 Å². The van der Waals surface area contributed by atoms with E-state index in [2.05, 4.69) is 6.58 Å². The Kier molecular flexibility index (Phi) is 6.22. The van der Waals surface area contributed by atoms with Crippen molar-refractivity contribution in [1.82, 2.24) is 0 Å². The number of esters is 2. The highest BCUT2D eigenvalue weighted by Gasteiger charge is 2.40. The summed E-state index contributed by atoms with van der Waals surface area (Å²) < 4.78 is 10.9. The van der Waals surface area contributed by atoms with Crippen molar-refractivity contribution >= 4 is 11.9 Å². The Bertz CT molecular complexity index is 422. The molecule has 2 atom stereocenters. The van der Waals surface area contributed by atoms with Gasteiger partial charge in [0.2, 0.25) is 0 Å². The van der Waals surface area contributed by atoms with Crippen LogP contribution < -0.4 is 0 Å². The monoisotopic (exact) mass is 278 g/mol. The second-order valence-electron chi connectivity index (χ2n) is 4.69. The van der Waals surface area contributed by atoms with Crippen LogP contribution in [-0.2, 0) is 19.1 Å². The molecule has 0 amide bonds. The molecule has 110 valence electrons. The molecule has 1 aliphatic rings. The average molecular weight is 278 g/mol. The van der Waals surface area contributed by atoms with Crippen LogP contribution >= 0.6 is 0 Å². The van der Waals surface area contributed by atoms with E-state index in [1.165, 1.54) is 6.08 Å². The lowest BCUT2D eigenvalue weighted by Crippen LogP contribution is -2.45. The molecule has 0 radical (unpaired) electrons. The van der Waals surface area contributed by atoms with E-state index in [0.29, 0.717) is 25.7 Å². The van der Waals surface area contributed by atoms with Gasteiger partial charge in [0.1, 0.15) is 0 Å². The summed E-state index contributed by atoms with van der Waals surface area (Å²) in [6.07, 6.45) is 9.83. The first kappa shape index (κ1) is 16.2. The van der Waals surface area contributed by atoms with E-state index >= 15 is 0 Å². The van der Waals surface area contributed by atoms with Crippen molar-refractivity contribution in [2.75, 3.05) is 0 Å². The van der Waals surface area contributed by atoms with E-state index in [1.54, 1.807) is 24.3 Å². The summed E-state index contributed by atoms with van der Waals surface area (Å²) in [6.45, 7) is 7.52. The summed E-state index contributed by atoms with van der Waals surface area (Å²) in [4.78, 5) is 23.4. The molecule has 0 bridgehead atoms. The molecular formula is C16H22O4. The average Bonchev–Trinajstić information content (AvgIpc) is 2.41. The zero-order valence-electron chi connectivity index (χ0n) is 12.1. The molecule has 0 fully saturated rings. The summed E-state index contributed by atoms with van der Waals surface area (Å²) in [5.41, 5.74) is -1.11. The minimum absolute atomic E-state index is 0.310. The van der Waals surface area contributed by atoms with Gasteiger partial charge in [0.15, 0.2) is 11.7 Å². The maximum Gasteiger partial charge on any atom is 0.307 e. The lowest BCUT2D eigenvalue weighted by atomic mass is 9.91. The fraction of sp³-hybridized carbons (Fsp3) is 0.500. The molecule has 0 N–H and O–H groups in total. The SMILES string of the molecule is C=CC1(OC(=O)CCC)C=CC=CC1OC(=O)CCC. The van der Waals surface area contributed by atoms with Crippen LogP contribution in [-0.4, -0.2) is 23.6 Å². The molecule has 0 aromatic heterocycles. The van der Waals surface area contributed by atoms with Crippen molar-refractivity contribution in [2.24, 2.45) is 0 Å². The van der Waals surface area contributed by atoms with Gasteiger partial charge in [0, 0.05) is 12.8 Å². The van der Waals surface area contributed by atoms with Gasteiger partial charge in [-0.1, -0.05) is 32.6 Å².